The van der Waals surface area contributed by atoms with E-state index in [1.54, 1.807) is 5.56 Å². The molecular weight excluding hydrogens is 260 g/mol. The molecule has 1 aromatic rings. The second kappa shape index (κ2) is 4.90. The predicted molar refractivity (Wildman–Crippen MR) is 87.7 cm³/mol. The summed E-state index contributed by atoms with van der Waals surface area (Å²) < 4.78 is 6.06. The highest BCUT2D eigenvalue weighted by molar-refractivity contribution is 6.70. The second-order valence-corrected chi connectivity index (χ2v) is 12.4. The Kier molecular flexibility index (Phi) is 3.48. The number of fused-ring (bicyclic) bond motifs is 2. The van der Waals surface area contributed by atoms with Gasteiger partial charge in [-0.15, -0.1) is 0 Å². The number of benzene rings is 1. The van der Waals surface area contributed by atoms with E-state index < -0.39 is 8.32 Å². The maximum absolute atomic E-state index is 6.06. The molecule has 0 radical (unpaired) electrons. The van der Waals surface area contributed by atoms with Crippen LogP contribution in [0.4, 0.5) is 0 Å². The summed E-state index contributed by atoms with van der Waals surface area (Å²) in [7, 11) is -1.48. The average molecular weight is 289 g/mol. The standard InChI is InChI=1S/C18H28OSi/c1-12-13(2)17-10-15(12)11-18(17)14-6-8-16(9-7-14)19-20(3,4)5/h6-9,12-13,15,17-18H,10-11H2,1-5H3. The van der Waals surface area contributed by atoms with E-state index in [2.05, 4.69) is 57.8 Å². The van der Waals surface area contributed by atoms with Gasteiger partial charge >= 0.3 is 0 Å². The Morgan fingerprint density at radius 1 is 0.950 bits per heavy atom. The fraction of sp³-hybridized carbons (Fsp3) is 0.667. The van der Waals surface area contributed by atoms with Crippen molar-refractivity contribution in [2.45, 2.75) is 52.2 Å². The lowest BCUT2D eigenvalue weighted by Crippen LogP contribution is -2.29. The van der Waals surface area contributed by atoms with Gasteiger partial charge in [0, 0.05) is 0 Å². The van der Waals surface area contributed by atoms with Crippen LogP contribution < -0.4 is 4.43 Å². The van der Waals surface area contributed by atoms with Gasteiger partial charge in [0.05, 0.1) is 0 Å². The van der Waals surface area contributed by atoms with Crippen molar-refractivity contribution < 1.29 is 4.43 Å². The maximum Gasteiger partial charge on any atom is 0.242 e. The number of hydrogen-bond donors (Lipinski definition) is 0. The van der Waals surface area contributed by atoms with Crippen LogP contribution in [0.15, 0.2) is 24.3 Å². The summed E-state index contributed by atoms with van der Waals surface area (Å²) >= 11 is 0. The van der Waals surface area contributed by atoms with Gasteiger partial charge in [0.1, 0.15) is 5.75 Å². The van der Waals surface area contributed by atoms with Crippen LogP contribution in [0, 0.1) is 23.7 Å². The van der Waals surface area contributed by atoms with Crippen molar-refractivity contribution in [1.82, 2.24) is 0 Å². The minimum absolute atomic E-state index is 0.798. The first-order chi connectivity index (χ1) is 9.35. The van der Waals surface area contributed by atoms with Crippen LogP contribution in [0.2, 0.25) is 19.6 Å². The van der Waals surface area contributed by atoms with Gasteiger partial charge in [-0.25, -0.2) is 0 Å². The summed E-state index contributed by atoms with van der Waals surface area (Å²) in [6, 6.07) is 9.01. The van der Waals surface area contributed by atoms with Crippen LogP contribution in [-0.2, 0) is 0 Å². The van der Waals surface area contributed by atoms with Gasteiger partial charge in [-0.05, 0) is 79.8 Å². The molecule has 0 spiro atoms. The Morgan fingerprint density at radius 3 is 2.10 bits per heavy atom. The fourth-order valence-corrected chi connectivity index (χ4v) is 5.30. The van der Waals surface area contributed by atoms with Gasteiger partial charge in [0.25, 0.3) is 0 Å². The molecule has 3 rings (SSSR count). The molecule has 20 heavy (non-hydrogen) atoms. The van der Waals surface area contributed by atoms with Crippen molar-refractivity contribution in [3.63, 3.8) is 0 Å². The Labute approximate surface area is 124 Å². The van der Waals surface area contributed by atoms with Crippen molar-refractivity contribution in [3.8, 4) is 5.75 Å². The SMILES string of the molecule is CC1C2CC(c3ccc(O[Si](C)(C)C)cc3)C(C2)C1C. The molecule has 0 heterocycles. The first kappa shape index (κ1) is 14.2. The summed E-state index contributed by atoms with van der Waals surface area (Å²) in [6.45, 7) is 11.6. The van der Waals surface area contributed by atoms with E-state index in [9.17, 15) is 0 Å². The van der Waals surface area contributed by atoms with Gasteiger partial charge in [-0.2, -0.15) is 0 Å². The average Bonchev–Trinajstić information content (AvgIpc) is 2.90. The van der Waals surface area contributed by atoms with E-state index in [1.165, 1.54) is 12.8 Å². The molecule has 2 saturated carbocycles. The van der Waals surface area contributed by atoms with Crippen molar-refractivity contribution in [2.24, 2.45) is 23.7 Å². The molecule has 0 aliphatic heterocycles. The van der Waals surface area contributed by atoms with Crippen molar-refractivity contribution in [2.75, 3.05) is 0 Å². The van der Waals surface area contributed by atoms with Gasteiger partial charge in [-0.3, -0.25) is 0 Å². The highest BCUT2D eigenvalue weighted by Crippen LogP contribution is 2.58. The Morgan fingerprint density at radius 2 is 1.60 bits per heavy atom. The summed E-state index contributed by atoms with van der Waals surface area (Å²) in [5.74, 6) is 5.57. The maximum atomic E-state index is 6.06. The van der Waals surface area contributed by atoms with E-state index in [1.807, 2.05) is 0 Å². The van der Waals surface area contributed by atoms with Gasteiger partial charge in [-0.1, -0.05) is 26.0 Å². The molecule has 110 valence electrons. The molecule has 2 bridgehead atoms. The summed E-state index contributed by atoms with van der Waals surface area (Å²) in [5.41, 5.74) is 1.54. The van der Waals surface area contributed by atoms with Crippen LogP contribution in [0.25, 0.3) is 0 Å². The Hall–Kier alpha value is -0.763. The molecule has 0 saturated heterocycles. The monoisotopic (exact) mass is 288 g/mol. The largest absolute Gasteiger partial charge is 0.544 e. The van der Waals surface area contributed by atoms with E-state index in [-0.39, 0.29) is 0 Å². The molecule has 2 fully saturated rings. The molecule has 2 aliphatic rings. The Balaban J connectivity index is 1.73. The van der Waals surface area contributed by atoms with E-state index in [0.717, 1.165) is 35.3 Å². The quantitative estimate of drug-likeness (QED) is 0.686. The van der Waals surface area contributed by atoms with Crippen LogP contribution in [0.1, 0.15) is 38.2 Å². The molecular formula is C18H28OSi. The lowest BCUT2D eigenvalue weighted by atomic mass is 9.73. The van der Waals surface area contributed by atoms with Crippen molar-refractivity contribution in [3.05, 3.63) is 29.8 Å². The number of rotatable bonds is 3. The molecule has 0 amide bonds. The zero-order valence-corrected chi connectivity index (χ0v) is 14.5. The minimum Gasteiger partial charge on any atom is -0.544 e. The fourth-order valence-electron chi connectivity index (χ4n) is 4.46. The van der Waals surface area contributed by atoms with Gasteiger partial charge in [0.15, 0.2) is 0 Å². The highest BCUT2D eigenvalue weighted by atomic mass is 28.4. The van der Waals surface area contributed by atoms with Crippen LogP contribution in [-0.4, -0.2) is 8.32 Å². The third kappa shape index (κ3) is 2.55. The summed E-state index contributed by atoms with van der Waals surface area (Å²) in [6.07, 6.45) is 2.87. The predicted octanol–water partition coefficient (Wildman–Crippen LogP) is 5.30. The Bertz CT molecular complexity index is 471. The van der Waals surface area contributed by atoms with E-state index in [0.29, 0.717) is 0 Å². The zero-order valence-electron chi connectivity index (χ0n) is 13.5. The highest BCUT2D eigenvalue weighted by Gasteiger charge is 2.48. The summed E-state index contributed by atoms with van der Waals surface area (Å²) in [4.78, 5) is 0. The molecule has 5 unspecified atom stereocenters. The van der Waals surface area contributed by atoms with Crippen LogP contribution >= 0.6 is 0 Å². The molecule has 0 aromatic heterocycles. The van der Waals surface area contributed by atoms with Crippen LogP contribution in [0.5, 0.6) is 5.75 Å². The first-order valence-electron chi connectivity index (χ1n) is 8.14. The lowest BCUT2D eigenvalue weighted by Gasteiger charge is -2.32. The lowest BCUT2D eigenvalue weighted by molar-refractivity contribution is 0.232. The topological polar surface area (TPSA) is 9.23 Å². The van der Waals surface area contributed by atoms with Gasteiger partial charge < -0.3 is 4.43 Å². The second-order valence-electron chi connectivity index (χ2n) is 8.00. The molecule has 0 N–H and O–H groups in total. The smallest absolute Gasteiger partial charge is 0.242 e. The van der Waals surface area contributed by atoms with Crippen molar-refractivity contribution in [1.29, 1.82) is 0 Å². The minimum atomic E-state index is -1.48. The third-order valence-corrected chi connectivity index (χ3v) is 6.48. The van der Waals surface area contributed by atoms with Gasteiger partial charge in [0.2, 0.25) is 8.32 Å². The van der Waals surface area contributed by atoms with Crippen molar-refractivity contribution >= 4 is 8.32 Å². The molecule has 1 aromatic carbocycles. The third-order valence-electron chi connectivity index (χ3n) is 5.63. The first-order valence-corrected chi connectivity index (χ1v) is 11.5. The van der Waals surface area contributed by atoms with E-state index in [4.69, 9.17) is 4.43 Å². The van der Waals surface area contributed by atoms with Crippen LogP contribution in [0.3, 0.4) is 0 Å². The molecule has 2 aliphatic carbocycles. The normalized spacial score (nSPS) is 36.4. The number of hydrogen-bond acceptors (Lipinski definition) is 1. The zero-order chi connectivity index (χ0) is 14.5. The molecule has 1 nitrogen and oxygen atoms in total. The van der Waals surface area contributed by atoms with E-state index >= 15 is 0 Å². The summed E-state index contributed by atoms with van der Waals surface area (Å²) in [5, 5.41) is 0. The molecule has 5 atom stereocenters. The molecule has 2 heteroatoms.